The maximum Gasteiger partial charge on any atom is 0.160 e. The molecule has 12 rings (SSSR count). The number of furan rings is 2. The van der Waals surface area contributed by atoms with Gasteiger partial charge in [-0.2, -0.15) is 0 Å². The summed E-state index contributed by atoms with van der Waals surface area (Å²) in [7, 11) is 0. The first-order valence-electron chi connectivity index (χ1n) is 18.9. The topological polar surface area (TPSA) is 29.5 Å². The third-order valence-electron chi connectivity index (χ3n) is 11.3. The van der Waals surface area contributed by atoms with Gasteiger partial charge in [-0.3, -0.25) is 0 Å². The molecule has 0 spiro atoms. The Balaban J connectivity index is 1.19. The molecule has 0 saturated heterocycles. The molecule has 56 heavy (non-hydrogen) atoms. The zero-order valence-electron chi connectivity index (χ0n) is 30.1. The molecule has 0 aliphatic heterocycles. The van der Waals surface area contributed by atoms with Gasteiger partial charge < -0.3 is 13.7 Å². The smallest absolute Gasteiger partial charge is 0.160 e. The van der Waals surface area contributed by atoms with Crippen LogP contribution in [-0.2, 0) is 0 Å². The first-order chi connectivity index (χ1) is 27.8. The number of anilines is 3. The van der Waals surface area contributed by atoms with Crippen LogP contribution in [0.3, 0.4) is 0 Å². The minimum atomic E-state index is 0.827. The molecule has 0 N–H and O–H groups in total. The van der Waals surface area contributed by atoms with Crippen LogP contribution in [0.1, 0.15) is 0 Å². The Morgan fingerprint density at radius 1 is 0.393 bits per heavy atom. The molecule has 3 heterocycles. The van der Waals surface area contributed by atoms with E-state index in [1.165, 1.54) is 47.6 Å². The maximum atomic E-state index is 7.17. The summed E-state index contributed by atoms with van der Waals surface area (Å²) in [6, 6.07) is 67.1. The highest BCUT2D eigenvalue weighted by Crippen LogP contribution is 2.51. The van der Waals surface area contributed by atoms with Crippen molar-refractivity contribution in [3.63, 3.8) is 0 Å². The van der Waals surface area contributed by atoms with E-state index >= 15 is 0 Å². The van der Waals surface area contributed by atoms with Crippen LogP contribution < -0.4 is 4.90 Å². The van der Waals surface area contributed by atoms with Gasteiger partial charge >= 0.3 is 0 Å². The largest absolute Gasteiger partial charge is 0.456 e. The Kier molecular flexibility index (Phi) is 6.80. The first kappa shape index (κ1) is 31.2. The molecule has 0 unspecified atom stereocenters. The van der Waals surface area contributed by atoms with Gasteiger partial charge in [-0.05, 0) is 82.1 Å². The minimum Gasteiger partial charge on any atom is -0.456 e. The molecule has 12 aromatic rings. The summed E-state index contributed by atoms with van der Waals surface area (Å²) in [5, 5.41) is 9.22. The van der Waals surface area contributed by atoms with Crippen molar-refractivity contribution in [2.45, 2.75) is 0 Å². The molecule has 9 aromatic carbocycles. The lowest BCUT2D eigenvalue weighted by atomic mass is 9.95. The monoisotopic (exact) mass is 733 g/mol. The lowest BCUT2D eigenvalue weighted by molar-refractivity contribution is 0.663. The lowest BCUT2D eigenvalue weighted by Crippen LogP contribution is -2.10. The van der Waals surface area contributed by atoms with Crippen molar-refractivity contribution in [1.29, 1.82) is 0 Å². The van der Waals surface area contributed by atoms with Gasteiger partial charge in [0.15, 0.2) is 5.58 Å². The fraction of sp³-hybridized carbons (Fsp3) is 0. The molecular weight excluding hydrogens is 703 g/mol. The number of para-hydroxylation sites is 1. The molecule has 0 aliphatic carbocycles. The molecule has 0 atom stereocenters. The second-order valence-corrected chi connectivity index (χ2v) is 15.5. The van der Waals surface area contributed by atoms with E-state index in [1.807, 2.05) is 23.5 Å². The fourth-order valence-electron chi connectivity index (χ4n) is 8.70. The van der Waals surface area contributed by atoms with Crippen LogP contribution in [0, 0.1) is 0 Å². The zero-order chi connectivity index (χ0) is 36.7. The Morgan fingerprint density at radius 3 is 1.96 bits per heavy atom. The van der Waals surface area contributed by atoms with Crippen LogP contribution in [0.5, 0.6) is 0 Å². The van der Waals surface area contributed by atoms with E-state index in [4.69, 9.17) is 8.83 Å². The van der Waals surface area contributed by atoms with Crippen molar-refractivity contribution in [2.24, 2.45) is 0 Å². The van der Waals surface area contributed by atoms with Crippen molar-refractivity contribution in [3.05, 3.63) is 188 Å². The predicted octanol–water partition coefficient (Wildman–Crippen LogP) is 15.8. The zero-order valence-corrected chi connectivity index (χ0v) is 30.9. The number of hydrogen-bond donors (Lipinski definition) is 0. The van der Waals surface area contributed by atoms with Crippen molar-refractivity contribution < 1.29 is 8.83 Å². The molecule has 0 aliphatic rings. The summed E-state index contributed by atoms with van der Waals surface area (Å²) in [6.45, 7) is 0. The highest BCUT2D eigenvalue weighted by atomic mass is 32.1. The Morgan fingerprint density at radius 2 is 1.09 bits per heavy atom. The summed E-state index contributed by atoms with van der Waals surface area (Å²) < 4.78 is 16.2. The van der Waals surface area contributed by atoms with E-state index in [0.29, 0.717) is 0 Å². The number of hydrogen-bond acceptors (Lipinski definition) is 4. The van der Waals surface area contributed by atoms with E-state index in [-0.39, 0.29) is 0 Å². The van der Waals surface area contributed by atoms with Crippen molar-refractivity contribution >= 4 is 103 Å². The molecule has 0 amide bonds. The Labute approximate surface area is 325 Å². The second-order valence-electron chi connectivity index (χ2n) is 14.4. The highest BCUT2D eigenvalue weighted by molar-refractivity contribution is 7.26. The second kappa shape index (κ2) is 12.2. The van der Waals surface area contributed by atoms with Crippen molar-refractivity contribution in [1.82, 2.24) is 0 Å². The Hall–Kier alpha value is -7.14. The van der Waals surface area contributed by atoms with Crippen LogP contribution >= 0.6 is 11.3 Å². The van der Waals surface area contributed by atoms with Crippen LogP contribution in [0.15, 0.2) is 197 Å². The maximum absolute atomic E-state index is 7.17. The van der Waals surface area contributed by atoms with Gasteiger partial charge in [0.2, 0.25) is 0 Å². The van der Waals surface area contributed by atoms with E-state index in [1.54, 1.807) is 0 Å². The SMILES string of the molecule is c1ccc(-c2ccc(N(c3ccc4ccccc4c3)c3ccc(-c4cccc5c4sc4ccccc45)c4c3oc3ccc5oc6ccccc6c5c34)cc2)cc1. The van der Waals surface area contributed by atoms with Gasteiger partial charge in [-0.1, -0.05) is 133 Å². The molecule has 0 saturated carbocycles. The van der Waals surface area contributed by atoms with Crippen LogP contribution in [0.25, 0.3) is 97.1 Å². The van der Waals surface area contributed by atoms with Gasteiger partial charge in [0, 0.05) is 58.7 Å². The molecule has 4 heteroatoms. The normalized spacial score (nSPS) is 11.9. The molecule has 0 bridgehead atoms. The molecule has 3 aromatic heterocycles. The third kappa shape index (κ3) is 4.70. The lowest BCUT2D eigenvalue weighted by Gasteiger charge is -2.26. The van der Waals surface area contributed by atoms with Crippen LogP contribution in [0.2, 0.25) is 0 Å². The van der Waals surface area contributed by atoms with Gasteiger partial charge in [0.1, 0.15) is 16.7 Å². The van der Waals surface area contributed by atoms with E-state index in [0.717, 1.165) is 66.5 Å². The van der Waals surface area contributed by atoms with Gasteiger partial charge in [0.05, 0.1) is 5.69 Å². The van der Waals surface area contributed by atoms with E-state index in [2.05, 4.69) is 181 Å². The standard InChI is InChI=1S/C52H31NO2S/c1-2-11-32(12-3-1)34-21-24-36(25-22-34)53(37-26-23-33-13-4-5-14-35(33)31-37)43-28-27-39(41-18-10-17-40-38-15-7-9-20-47(38)56-52(40)41)49-50-46(55-51(43)49)30-29-45-48(50)42-16-6-8-19-44(42)54-45/h1-31H. The predicted molar refractivity (Wildman–Crippen MR) is 237 cm³/mol. The number of benzene rings is 9. The third-order valence-corrected chi connectivity index (χ3v) is 12.5. The summed E-state index contributed by atoms with van der Waals surface area (Å²) in [5.41, 5.74) is 11.1. The molecule has 0 radical (unpaired) electrons. The summed E-state index contributed by atoms with van der Waals surface area (Å²) in [4.78, 5) is 2.35. The quantitative estimate of drug-likeness (QED) is 0.176. The van der Waals surface area contributed by atoms with E-state index < -0.39 is 0 Å². The van der Waals surface area contributed by atoms with Crippen molar-refractivity contribution in [2.75, 3.05) is 4.90 Å². The molecular formula is C52H31NO2S. The fourth-order valence-corrected chi connectivity index (χ4v) is 9.93. The van der Waals surface area contributed by atoms with Crippen LogP contribution in [-0.4, -0.2) is 0 Å². The average Bonchev–Trinajstić information content (AvgIpc) is 3.96. The van der Waals surface area contributed by atoms with Crippen LogP contribution in [0.4, 0.5) is 17.1 Å². The minimum absolute atomic E-state index is 0.827. The number of nitrogens with zero attached hydrogens (tertiary/aromatic N) is 1. The Bertz CT molecular complexity index is 3480. The van der Waals surface area contributed by atoms with Gasteiger partial charge in [-0.25, -0.2) is 0 Å². The number of rotatable bonds is 5. The molecule has 3 nitrogen and oxygen atoms in total. The number of fused-ring (bicyclic) bond motifs is 11. The van der Waals surface area contributed by atoms with Gasteiger partial charge in [-0.15, -0.1) is 11.3 Å². The first-order valence-corrected chi connectivity index (χ1v) is 19.7. The number of thiophene rings is 1. The molecule has 0 fully saturated rings. The summed E-state index contributed by atoms with van der Waals surface area (Å²) in [6.07, 6.45) is 0. The van der Waals surface area contributed by atoms with Crippen molar-refractivity contribution in [3.8, 4) is 22.3 Å². The summed E-state index contributed by atoms with van der Waals surface area (Å²) in [5.74, 6) is 0. The summed E-state index contributed by atoms with van der Waals surface area (Å²) >= 11 is 1.85. The van der Waals surface area contributed by atoms with E-state index in [9.17, 15) is 0 Å². The molecule has 262 valence electrons. The average molecular weight is 734 g/mol. The highest BCUT2D eigenvalue weighted by Gasteiger charge is 2.26. The van der Waals surface area contributed by atoms with Gasteiger partial charge in [0.25, 0.3) is 0 Å².